The topological polar surface area (TPSA) is 48.7 Å². The normalized spacial score (nSPS) is 11.0. The molecular formula is C24H19N3O2S. The number of methoxy groups -OCH3 is 2. The summed E-state index contributed by atoms with van der Waals surface area (Å²) in [5.41, 5.74) is 7.03. The first kappa shape index (κ1) is 18.4. The Morgan fingerprint density at radius 2 is 1.53 bits per heavy atom. The molecule has 0 atom stereocenters. The number of ether oxygens (including phenoxy) is 2. The molecule has 0 saturated heterocycles. The Morgan fingerprint density at radius 1 is 0.767 bits per heavy atom. The van der Waals surface area contributed by atoms with E-state index in [1.165, 1.54) is 11.1 Å². The maximum absolute atomic E-state index is 5.43. The summed E-state index contributed by atoms with van der Waals surface area (Å²) in [4.78, 5) is 4.52. The van der Waals surface area contributed by atoms with Gasteiger partial charge in [-0.05, 0) is 58.3 Å². The predicted octanol–water partition coefficient (Wildman–Crippen LogP) is 5.81. The summed E-state index contributed by atoms with van der Waals surface area (Å²) in [7, 11) is 3.26. The molecule has 5 aromatic rings. The molecule has 0 saturated carbocycles. The zero-order chi connectivity index (χ0) is 20.5. The Hall–Kier alpha value is -3.64. The minimum atomic E-state index is 0.673. The van der Waals surface area contributed by atoms with Crippen LogP contribution in [0.2, 0.25) is 0 Å². The highest BCUT2D eigenvalue weighted by Gasteiger charge is 2.11. The zero-order valence-corrected chi connectivity index (χ0v) is 17.4. The molecule has 0 aliphatic carbocycles. The van der Waals surface area contributed by atoms with Crippen molar-refractivity contribution in [3.8, 4) is 45.1 Å². The van der Waals surface area contributed by atoms with E-state index in [-0.39, 0.29) is 0 Å². The number of aromatic nitrogens is 3. The third kappa shape index (κ3) is 3.21. The molecular weight excluding hydrogens is 394 g/mol. The maximum atomic E-state index is 5.43. The molecule has 30 heavy (non-hydrogen) atoms. The van der Waals surface area contributed by atoms with E-state index in [2.05, 4.69) is 46.1 Å². The van der Waals surface area contributed by atoms with Crippen molar-refractivity contribution in [2.45, 2.75) is 0 Å². The van der Waals surface area contributed by atoms with Gasteiger partial charge in [0.2, 0.25) is 0 Å². The Kier molecular flexibility index (Phi) is 4.69. The molecule has 0 unspecified atom stereocenters. The molecule has 148 valence electrons. The summed E-state index contributed by atoms with van der Waals surface area (Å²) in [6.45, 7) is 0. The van der Waals surface area contributed by atoms with Crippen LogP contribution in [-0.2, 0) is 0 Å². The first-order chi connectivity index (χ1) is 14.8. The lowest BCUT2D eigenvalue weighted by Gasteiger charge is -2.10. The van der Waals surface area contributed by atoms with Gasteiger partial charge in [-0.2, -0.15) is 16.4 Å². The lowest BCUT2D eigenvalue weighted by molar-refractivity contribution is 0.355. The number of rotatable bonds is 5. The van der Waals surface area contributed by atoms with Gasteiger partial charge in [-0.25, -0.2) is 9.50 Å². The Labute approximate surface area is 178 Å². The number of thiophene rings is 1. The zero-order valence-electron chi connectivity index (χ0n) is 16.6. The third-order valence-electron chi connectivity index (χ3n) is 5.08. The van der Waals surface area contributed by atoms with Gasteiger partial charge in [-0.3, -0.25) is 0 Å². The van der Waals surface area contributed by atoms with Crippen molar-refractivity contribution >= 4 is 17.0 Å². The van der Waals surface area contributed by atoms with E-state index in [1.807, 2.05) is 41.0 Å². The SMILES string of the molecule is COc1ccc(-c2ccc3ncc(-c4ccc(-c5ccsc5)cc4)n3n2)cc1OC. The molecule has 0 amide bonds. The summed E-state index contributed by atoms with van der Waals surface area (Å²) >= 11 is 1.70. The highest BCUT2D eigenvalue weighted by molar-refractivity contribution is 7.08. The molecule has 0 aliphatic rings. The van der Waals surface area contributed by atoms with Crippen LogP contribution in [0.15, 0.2) is 77.6 Å². The van der Waals surface area contributed by atoms with Gasteiger partial charge in [0.1, 0.15) is 0 Å². The number of hydrogen-bond donors (Lipinski definition) is 0. The van der Waals surface area contributed by atoms with Crippen LogP contribution < -0.4 is 9.47 Å². The summed E-state index contributed by atoms with van der Waals surface area (Å²) < 4.78 is 12.7. The molecule has 5 nitrogen and oxygen atoms in total. The summed E-state index contributed by atoms with van der Waals surface area (Å²) in [5.74, 6) is 1.36. The molecule has 0 bridgehead atoms. The minimum Gasteiger partial charge on any atom is -0.493 e. The van der Waals surface area contributed by atoms with Crippen LogP contribution in [0.4, 0.5) is 0 Å². The van der Waals surface area contributed by atoms with Crippen molar-refractivity contribution in [1.29, 1.82) is 0 Å². The van der Waals surface area contributed by atoms with Gasteiger partial charge < -0.3 is 9.47 Å². The van der Waals surface area contributed by atoms with Crippen molar-refractivity contribution in [3.63, 3.8) is 0 Å². The summed E-state index contributed by atoms with van der Waals surface area (Å²) in [6, 6.07) is 20.4. The molecule has 0 radical (unpaired) electrons. The molecule has 5 rings (SSSR count). The monoisotopic (exact) mass is 413 g/mol. The fourth-order valence-electron chi connectivity index (χ4n) is 3.48. The van der Waals surface area contributed by atoms with Gasteiger partial charge in [0, 0.05) is 11.1 Å². The Morgan fingerprint density at radius 3 is 2.27 bits per heavy atom. The molecule has 0 N–H and O–H groups in total. The van der Waals surface area contributed by atoms with Gasteiger partial charge >= 0.3 is 0 Å². The van der Waals surface area contributed by atoms with Crippen LogP contribution in [0.25, 0.3) is 39.3 Å². The van der Waals surface area contributed by atoms with Crippen molar-refractivity contribution in [3.05, 3.63) is 77.6 Å². The molecule has 3 heterocycles. The smallest absolute Gasteiger partial charge is 0.161 e. The first-order valence-electron chi connectivity index (χ1n) is 9.47. The predicted molar refractivity (Wildman–Crippen MR) is 120 cm³/mol. The number of imidazole rings is 1. The van der Waals surface area contributed by atoms with Crippen LogP contribution in [0, 0.1) is 0 Å². The van der Waals surface area contributed by atoms with E-state index in [4.69, 9.17) is 14.6 Å². The number of nitrogens with zero attached hydrogens (tertiary/aromatic N) is 3. The first-order valence-corrected chi connectivity index (χ1v) is 10.4. The molecule has 0 aliphatic heterocycles. The molecule has 0 spiro atoms. The standard InChI is InChI=1S/C24H19N3O2S/c1-28-22-9-7-18(13-23(22)29-2)20-8-10-24-25-14-21(27(24)26-20)17-5-3-16(4-6-17)19-11-12-30-15-19/h3-15H,1-2H3. The Balaban J connectivity index is 1.55. The van der Waals surface area contributed by atoms with E-state index in [9.17, 15) is 0 Å². The van der Waals surface area contributed by atoms with Gasteiger partial charge in [0.05, 0.1) is 31.8 Å². The van der Waals surface area contributed by atoms with E-state index >= 15 is 0 Å². The molecule has 3 aromatic heterocycles. The fraction of sp³-hybridized carbons (Fsp3) is 0.0833. The van der Waals surface area contributed by atoms with Crippen molar-refractivity contribution < 1.29 is 9.47 Å². The van der Waals surface area contributed by atoms with Crippen molar-refractivity contribution in [2.24, 2.45) is 0 Å². The van der Waals surface area contributed by atoms with E-state index in [0.29, 0.717) is 11.5 Å². The number of hydrogen-bond acceptors (Lipinski definition) is 5. The minimum absolute atomic E-state index is 0.673. The number of benzene rings is 2. The van der Waals surface area contributed by atoms with Gasteiger partial charge in [-0.15, -0.1) is 0 Å². The maximum Gasteiger partial charge on any atom is 0.161 e. The van der Waals surface area contributed by atoms with Gasteiger partial charge in [0.25, 0.3) is 0 Å². The van der Waals surface area contributed by atoms with Crippen LogP contribution >= 0.6 is 11.3 Å². The average molecular weight is 414 g/mol. The van der Waals surface area contributed by atoms with Crippen molar-refractivity contribution in [1.82, 2.24) is 14.6 Å². The molecule has 0 fully saturated rings. The van der Waals surface area contributed by atoms with E-state index in [1.54, 1.807) is 25.6 Å². The second kappa shape index (κ2) is 7.65. The van der Waals surface area contributed by atoms with E-state index < -0.39 is 0 Å². The van der Waals surface area contributed by atoms with Crippen LogP contribution in [-0.4, -0.2) is 28.8 Å². The van der Waals surface area contributed by atoms with Gasteiger partial charge in [0.15, 0.2) is 17.1 Å². The highest BCUT2D eigenvalue weighted by Crippen LogP contribution is 2.32. The highest BCUT2D eigenvalue weighted by atomic mass is 32.1. The lowest BCUT2D eigenvalue weighted by Crippen LogP contribution is -1.97. The summed E-state index contributed by atoms with van der Waals surface area (Å²) in [6.07, 6.45) is 1.86. The van der Waals surface area contributed by atoms with Crippen LogP contribution in [0.3, 0.4) is 0 Å². The second-order valence-corrected chi connectivity index (χ2v) is 7.57. The second-order valence-electron chi connectivity index (χ2n) is 6.79. The van der Waals surface area contributed by atoms with Crippen LogP contribution in [0.5, 0.6) is 11.5 Å². The molecule has 6 heteroatoms. The quantitative estimate of drug-likeness (QED) is 0.365. The summed E-state index contributed by atoms with van der Waals surface area (Å²) in [5, 5.41) is 9.09. The third-order valence-corrected chi connectivity index (χ3v) is 5.76. The molecule has 2 aromatic carbocycles. The number of fused-ring (bicyclic) bond motifs is 1. The van der Waals surface area contributed by atoms with Crippen LogP contribution in [0.1, 0.15) is 0 Å². The van der Waals surface area contributed by atoms with E-state index in [0.717, 1.165) is 28.2 Å². The lowest BCUT2D eigenvalue weighted by atomic mass is 10.1. The van der Waals surface area contributed by atoms with Gasteiger partial charge in [-0.1, -0.05) is 24.3 Å². The Bertz CT molecular complexity index is 1310. The largest absolute Gasteiger partial charge is 0.493 e. The average Bonchev–Trinajstić information content (AvgIpc) is 3.48. The fourth-order valence-corrected chi connectivity index (χ4v) is 4.15. The van der Waals surface area contributed by atoms with Crippen molar-refractivity contribution in [2.75, 3.05) is 14.2 Å².